The summed E-state index contributed by atoms with van der Waals surface area (Å²) in [4.78, 5) is 14.8. The van der Waals surface area contributed by atoms with Crippen LogP contribution in [0.5, 0.6) is 5.75 Å². The molecule has 0 aliphatic carbocycles. The van der Waals surface area contributed by atoms with Crippen LogP contribution in [0.3, 0.4) is 0 Å². The first kappa shape index (κ1) is 18.5. The molecule has 1 unspecified atom stereocenters. The van der Waals surface area contributed by atoms with Crippen molar-refractivity contribution in [2.75, 3.05) is 26.2 Å². The number of amides is 1. The molecule has 4 rings (SSSR count). The fourth-order valence-electron chi connectivity index (χ4n) is 3.85. The van der Waals surface area contributed by atoms with Crippen LogP contribution < -0.4 is 10.1 Å². The van der Waals surface area contributed by atoms with Crippen LogP contribution >= 0.6 is 0 Å². The van der Waals surface area contributed by atoms with Crippen LogP contribution in [0.4, 0.5) is 0 Å². The quantitative estimate of drug-likeness (QED) is 0.675. The van der Waals surface area contributed by atoms with Gasteiger partial charge in [0.15, 0.2) is 6.61 Å². The molecule has 0 aromatic heterocycles. The highest BCUT2D eigenvalue weighted by atomic mass is 16.5. The minimum absolute atomic E-state index is 0.0276. The van der Waals surface area contributed by atoms with Crippen molar-refractivity contribution in [3.63, 3.8) is 0 Å². The monoisotopic (exact) mass is 374 g/mol. The Morgan fingerprint density at radius 3 is 2.43 bits per heavy atom. The summed E-state index contributed by atoms with van der Waals surface area (Å²) in [5, 5.41) is 5.33. The van der Waals surface area contributed by atoms with Gasteiger partial charge in [-0.05, 0) is 54.4 Å². The highest BCUT2D eigenvalue weighted by molar-refractivity contribution is 5.84. The fourth-order valence-corrected chi connectivity index (χ4v) is 3.85. The summed E-state index contributed by atoms with van der Waals surface area (Å²) in [6, 6.07) is 24.7. The molecule has 1 saturated heterocycles. The molecule has 1 heterocycles. The van der Waals surface area contributed by atoms with Gasteiger partial charge in [-0.2, -0.15) is 0 Å². The van der Waals surface area contributed by atoms with E-state index in [-0.39, 0.29) is 18.6 Å². The molecule has 4 nitrogen and oxygen atoms in total. The van der Waals surface area contributed by atoms with Crippen LogP contribution in [0, 0.1) is 0 Å². The van der Waals surface area contributed by atoms with E-state index in [1.54, 1.807) is 0 Å². The second-order valence-corrected chi connectivity index (χ2v) is 7.27. The third kappa shape index (κ3) is 4.52. The van der Waals surface area contributed by atoms with Gasteiger partial charge in [0.05, 0.1) is 6.04 Å². The van der Waals surface area contributed by atoms with Crippen molar-refractivity contribution in [2.24, 2.45) is 0 Å². The smallest absolute Gasteiger partial charge is 0.258 e. The molecule has 28 heavy (non-hydrogen) atoms. The van der Waals surface area contributed by atoms with Crippen LogP contribution in [0.15, 0.2) is 72.8 Å². The number of rotatable bonds is 7. The van der Waals surface area contributed by atoms with Crippen molar-refractivity contribution in [1.82, 2.24) is 10.2 Å². The van der Waals surface area contributed by atoms with Gasteiger partial charge in [0.2, 0.25) is 0 Å². The lowest BCUT2D eigenvalue weighted by Crippen LogP contribution is -2.38. The summed E-state index contributed by atoms with van der Waals surface area (Å²) in [6.45, 7) is 2.80. The van der Waals surface area contributed by atoms with E-state index in [2.05, 4.69) is 40.5 Å². The predicted octanol–water partition coefficient (Wildman–Crippen LogP) is 4.17. The van der Waals surface area contributed by atoms with Crippen molar-refractivity contribution in [3.8, 4) is 5.75 Å². The lowest BCUT2D eigenvalue weighted by molar-refractivity contribution is -0.123. The maximum Gasteiger partial charge on any atom is 0.258 e. The molecule has 1 fully saturated rings. The highest BCUT2D eigenvalue weighted by Gasteiger charge is 2.23. The number of carbonyl (C=O) groups excluding carboxylic acids is 1. The summed E-state index contributed by atoms with van der Waals surface area (Å²) < 4.78 is 5.71. The Labute approximate surface area is 166 Å². The number of fused-ring (bicyclic) bond motifs is 1. The minimum Gasteiger partial charge on any atom is -0.484 e. The molecule has 3 aromatic carbocycles. The SMILES string of the molecule is O=C(COc1ccc2ccccc2c1)NCC(c1ccccc1)N1CCCC1. The normalized spacial score (nSPS) is 15.4. The molecule has 3 aromatic rings. The van der Waals surface area contributed by atoms with Crippen molar-refractivity contribution in [1.29, 1.82) is 0 Å². The fraction of sp³-hybridized carbons (Fsp3) is 0.292. The number of nitrogens with zero attached hydrogens (tertiary/aromatic N) is 1. The Kier molecular flexibility index (Phi) is 5.88. The molecule has 0 bridgehead atoms. The summed E-state index contributed by atoms with van der Waals surface area (Å²) in [7, 11) is 0. The summed E-state index contributed by atoms with van der Waals surface area (Å²) in [5.74, 6) is 0.626. The number of ether oxygens (including phenoxy) is 1. The Hall–Kier alpha value is -2.85. The maximum absolute atomic E-state index is 12.4. The minimum atomic E-state index is -0.0895. The molecule has 144 valence electrons. The first-order valence-electron chi connectivity index (χ1n) is 9.97. The van der Waals surface area contributed by atoms with Gasteiger partial charge < -0.3 is 10.1 Å². The third-order valence-corrected chi connectivity index (χ3v) is 5.35. The molecule has 1 aliphatic rings. The number of carbonyl (C=O) groups is 1. The van der Waals surface area contributed by atoms with Crippen LogP contribution in [0.25, 0.3) is 10.8 Å². The molecular weight excluding hydrogens is 348 g/mol. The number of nitrogens with one attached hydrogen (secondary N) is 1. The van der Waals surface area contributed by atoms with Crippen LogP contribution in [-0.4, -0.2) is 37.0 Å². The van der Waals surface area contributed by atoms with E-state index < -0.39 is 0 Å². The molecule has 1 aliphatic heterocycles. The largest absolute Gasteiger partial charge is 0.484 e. The third-order valence-electron chi connectivity index (χ3n) is 5.35. The van der Waals surface area contributed by atoms with Gasteiger partial charge in [-0.3, -0.25) is 9.69 Å². The van der Waals surface area contributed by atoms with Crippen molar-refractivity contribution >= 4 is 16.7 Å². The molecule has 4 heteroatoms. The van der Waals surface area contributed by atoms with Gasteiger partial charge in [0.25, 0.3) is 5.91 Å². The number of hydrogen-bond donors (Lipinski definition) is 1. The van der Waals surface area contributed by atoms with Gasteiger partial charge in [-0.25, -0.2) is 0 Å². The van der Waals surface area contributed by atoms with Crippen molar-refractivity contribution < 1.29 is 9.53 Å². The zero-order valence-corrected chi connectivity index (χ0v) is 16.0. The zero-order valence-electron chi connectivity index (χ0n) is 16.0. The van der Waals surface area contributed by atoms with Crippen LogP contribution in [-0.2, 0) is 4.79 Å². The molecule has 0 radical (unpaired) electrons. The Morgan fingerprint density at radius 1 is 0.929 bits per heavy atom. The number of benzene rings is 3. The van der Waals surface area contributed by atoms with E-state index in [1.807, 2.05) is 42.5 Å². The Morgan fingerprint density at radius 2 is 1.64 bits per heavy atom. The van der Waals surface area contributed by atoms with Crippen LogP contribution in [0.2, 0.25) is 0 Å². The summed E-state index contributed by atoms with van der Waals surface area (Å²) >= 11 is 0. The Balaban J connectivity index is 1.34. The van der Waals surface area contributed by atoms with E-state index in [1.165, 1.54) is 18.4 Å². The molecule has 0 saturated carbocycles. The molecule has 1 amide bonds. The standard InChI is InChI=1S/C24H26N2O2/c27-24(18-28-22-13-12-19-8-4-5-11-21(19)16-22)25-17-23(26-14-6-7-15-26)20-9-2-1-3-10-20/h1-5,8-13,16,23H,6-7,14-15,17-18H2,(H,25,27). The second-order valence-electron chi connectivity index (χ2n) is 7.27. The van der Waals surface area contributed by atoms with Crippen LogP contribution in [0.1, 0.15) is 24.4 Å². The highest BCUT2D eigenvalue weighted by Crippen LogP contribution is 2.24. The predicted molar refractivity (Wildman–Crippen MR) is 112 cm³/mol. The average Bonchev–Trinajstić information content (AvgIpc) is 3.27. The first-order valence-corrected chi connectivity index (χ1v) is 9.97. The molecule has 0 spiro atoms. The molecule has 1 N–H and O–H groups in total. The second kappa shape index (κ2) is 8.89. The molecular formula is C24H26N2O2. The molecule has 1 atom stereocenters. The zero-order chi connectivity index (χ0) is 19.2. The number of likely N-dealkylation sites (tertiary alicyclic amines) is 1. The van der Waals surface area contributed by atoms with E-state index in [9.17, 15) is 4.79 Å². The van der Waals surface area contributed by atoms with Crippen molar-refractivity contribution in [3.05, 3.63) is 78.4 Å². The topological polar surface area (TPSA) is 41.6 Å². The van der Waals surface area contributed by atoms with Gasteiger partial charge in [-0.1, -0.05) is 60.7 Å². The number of hydrogen-bond acceptors (Lipinski definition) is 3. The van der Waals surface area contributed by atoms with E-state index in [4.69, 9.17) is 4.74 Å². The lowest BCUT2D eigenvalue weighted by Gasteiger charge is -2.28. The van der Waals surface area contributed by atoms with Gasteiger partial charge in [0.1, 0.15) is 5.75 Å². The van der Waals surface area contributed by atoms with Crippen molar-refractivity contribution in [2.45, 2.75) is 18.9 Å². The van der Waals surface area contributed by atoms with Gasteiger partial charge in [0, 0.05) is 6.54 Å². The maximum atomic E-state index is 12.4. The van der Waals surface area contributed by atoms with Gasteiger partial charge in [-0.15, -0.1) is 0 Å². The van der Waals surface area contributed by atoms with E-state index >= 15 is 0 Å². The average molecular weight is 374 g/mol. The van der Waals surface area contributed by atoms with E-state index in [0.717, 1.165) is 23.9 Å². The summed E-state index contributed by atoms with van der Waals surface area (Å²) in [6.07, 6.45) is 2.45. The lowest BCUT2D eigenvalue weighted by atomic mass is 10.1. The van der Waals surface area contributed by atoms with Gasteiger partial charge >= 0.3 is 0 Å². The Bertz CT molecular complexity index is 920. The van der Waals surface area contributed by atoms with E-state index in [0.29, 0.717) is 12.3 Å². The summed E-state index contributed by atoms with van der Waals surface area (Å²) in [5.41, 5.74) is 1.25. The first-order chi connectivity index (χ1) is 13.8.